The Kier molecular flexibility index (Phi) is 5.08. The molecule has 2 aromatic rings. The maximum absolute atomic E-state index is 13.0. The van der Waals surface area contributed by atoms with Gasteiger partial charge in [-0.3, -0.25) is 4.79 Å². The number of aromatic nitrogens is 1. The number of ether oxygens (including phenoxy) is 1. The van der Waals surface area contributed by atoms with Crippen molar-refractivity contribution in [1.29, 1.82) is 0 Å². The van der Waals surface area contributed by atoms with Crippen molar-refractivity contribution in [3.63, 3.8) is 0 Å². The number of pyridine rings is 1. The molecule has 0 amide bonds. The first kappa shape index (κ1) is 17.9. The van der Waals surface area contributed by atoms with E-state index < -0.39 is 5.92 Å². The number of hydrogen-bond acceptors (Lipinski definition) is 3. The monoisotopic (exact) mass is 350 g/mol. The highest BCUT2D eigenvalue weighted by Gasteiger charge is 2.25. The Morgan fingerprint density at radius 1 is 1.32 bits per heavy atom. The van der Waals surface area contributed by atoms with Crippen LogP contribution in [0.4, 0.5) is 8.78 Å². The van der Waals surface area contributed by atoms with Crippen LogP contribution in [0.1, 0.15) is 31.7 Å². The van der Waals surface area contributed by atoms with Gasteiger partial charge in [-0.05, 0) is 55.8 Å². The maximum Gasteiger partial charge on any atom is 0.255 e. The van der Waals surface area contributed by atoms with E-state index in [1.165, 1.54) is 0 Å². The van der Waals surface area contributed by atoms with Gasteiger partial charge >= 0.3 is 0 Å². The van der Waals surface area contributed by atoms with Crippen LogP contribution in [0.5, 0.6) is 5.75 Å². The molecule has 0 unspecified atom stereocenters. The van der Waals surface area contributed by atoms with Crippen molar-refractivity contribution in [1.82, 2.24) is 9.88 Å². The van der Waals surface area contributed by atoms with Gasteiger partial charge in [-0.2, -0.15) is 0 Å². The highest BCUT2D eigenvalue weighted by Crippen LogP contribution is 2.27. The summed E-state index contributed by atoms with van der Waals surface area (Å²) in [6, 6.07) is 5.61. The molecule has 0 radical (unpaired) electrons. The number of fused-ring (bicyclic) bond motifs is 1. The van der Waals surface area contributed by atoms with Gasteiger partial charge < -0.3 is 14.6 Å². The minimum atomic E-state index is -2.60. The summed E-state index contributed by atoms with van der Waals surface area (Å²) >= 11 is 0. The molecule has 25 heavy (non-hydrogen) atoms. The van der Waals surface area contributed by atoms with Gasteiger partial charge in [-0.1, -0.05) is 0 Å². The maximum atomic E-state index is 13.0. The smallest absolute Gasteiger partial charge is 0.255 e. The lowest BCUT2D eigenvalue weighted by atomic mass is 10.1. The fourth-order valence-corrected chi connectivity index (χ4v) is 3.23. The van der Waals surface area contributed by atoms with E-state index in [1.807, 2.05) is 25.1 Å². The van der Waals surface area contributed by atoms with Gasteiger partial charge in [-0.15, -0.1) is 0 Å². The second kappa shape index (κ2) is 7.12. The second-order valence-electron chi connectivity index (χ2n) is 6.99. The zero-order valence-corrected chi connectivity index (χ0v) is 14.6. The van der Waals surface area contributed by atoms with Crippen LogP contribution in [0.3, 0.4) is 0 Å². The summed E-state index contributed by atoms with van der Waals surface area (Å²) < 4.78 is 32.1. The zero-order chi connectivity index (χ0) is 18.0. The van der Waals surface area contributed by atoms with Crippen molar-refractivity contribution in [2.45, 2.75) is 45.1 Å². The number of nitrogens with one attached hydrogen (secondary N) is 1. The Labute approximate surface area is 145 Å². The highest BCUT2D eigenvalue weighted by atomic mass is 19.3. The fourth-order valence-electron chi connectivity index (χ4n) is 3.23. The molecule has 1 fully saturated rings. The van der Waals surface area contributed by atoms with Crippen LogP contribution in [0.2, 0.25) is 0 Å². The first-order valence-corrected chi connectivity index (χ1v) is 8.71. The van der Waals surface area contributed by atoms with E-state index in [0.29, 0.717) is 11.9 Å². The molecule has 1 aliphatic heterocycles. The van der Waals surface area contributed by atoms with Crippen LogP contribution in [0.25, 0.3) is 10.8 Å². The Balaban J connectivity index is 1.62. The molecule has 1 aliphatic rings. The van der Waals surface area contributed by atoms with Crippen molar-refractivity contribution >= 4 is 10.8 Å². The molecule has 6 heteroatoms. The zero-order valence-electron chi connectivity index (χ0n) is 14.6. The second-order valence-corrected chi connectivity index (χ2v) is 6.99. The Bertz CT molecular complexity index is 790. The number of nitrogens with zero attached hydrogens (tertiary/aromatic N) is 1. The molecule has 0 bridgehead atoms. The normalized spacial score (nSPS) is 17.1. The molecular weight excluding hydrogens is 326 g/mol. The third-order valence-corrected chi connectivity index (χ3v) is 4.76. The average Bonchev–Trinajstić information content (AvgIpc) is 2.55. The lowest BCUT2D eigenvalue weighted by Gasteiger charge is -2.33. The molecule has 1 aromatic heterocycles. The lowest BCUT2D eigenvalue weighted by Crippen LogP contribution is -2.39. The van der Waals surface area contributed by atoms with E-state index in [-0.39, 0.29) is 18.1 Å². The predicted molar refractivity (Wildman–Crippen MR) is 94.6 cm³/mol. The molecule has 4 nitrogen and oxygen atoms in total. The number of benzene rings is 1. The van der Waals surface area contributed by atoms with Crippen LogP contribution in [-0.2, 0) is 0 Å². The minimum Gasteiger partial charge on any atom is -0.490 e. The number of hydrogen-bond donors (Lipinski definition) is 1. The molecule has 0 atom stereocenters. The van der Waals surface area contributed by atoms with Crippen LogP contribution >= 0.6 is 0 Å². The fraction of sp³-hybridized carbons (Fsp3) is 0.526. The van der Waals surface area contributed by atoms with Crippen LogP contribution in [0, 0.1) is 6.92 Å². The Morgan fingerprint density at radius 3 is 2.72 bits per heavy atom. The largest absolute Gasteiger partial charge is 0.490 e. The molecule has 2 heterocycles. The average molecular weight is 350 g/mol. The summed E-state index contributed by atoms with van der Waals surface area (Å²) in [5.74, 6) is -1.82. The minimum absolute atomic E-state index is 0.0801. The summed E-state index contributed by atoms with van der Waals surface area (Å²) in [6.45, 7) is 4.87. The Hall–Kier alpha value is -1.95. The number of alkyl halides is 2. The van der Waals surface area contributed by atoms with Gasteiger partial charge in [0, 0.05) is 37.6 Å². The van der Waals surface area contributed by atoms with E-state index >= 15 is 0 Å². The molecule has 136 valence electrons. The molecular formula is C19H24F2N2O2. The van der Waals surface area contributed by atoms with E-state index in [0.717, 1.165) is 49.6 Å². The van der Waals surface area contributed by atoms with Crippen molar-refractivity contribution in [3.05, 3.63) is 40.3 Å². The number of aromatic amines is 1. The van der Waals surface area contributed by atoms with Crippen LogP contribution in [-0.4, -0.2) is 41.5 Å². The summed E-state index contributed by atoms with van der Waals surface area (Å²) in [5, 5.41) is 1.51. The molecule has 3 rings (SSSR count). The molecule has 0 saturated carbocycles. The van der Waals surface area contributed by atoms with Crippen molar-refractivity contribution in [3.8, 4) is 5.75 Å². The standard InChI is InChI=1S/C19H24F2N2O2/c1-13-11-16-14(3-7-22-18(16)24)12-17(13)25-15-4-8-23(9-5-15)10-6-19(2,20)21/h3,7,11-12,15H,4-6,8-10H2,1-2H3,(H,22,24). The quantitative estimate of drug-likeness (QED) is 0.894. The van der Waals surface area contributed by atoms with Crippen LogP contribution in [0.15, 0.2) is 29.2 Å². The summed E-state index contributed by atoms with van der Waals surface area (Å²) in [6.07, 6.45) is 3.25. The summed E-state index contributed by atoms with van der Waals surface area (Å²) in [5.41, 5.74) is 0.824. The van der Waals surface area contributed by atoms with Gasteiger partial charge in [0.2, 0.25) is 5.92 Å². The summed E-state index contributed by atoms with van der Waals surface area (Å²) in [7, 11) is 0. The van der Waals surface area contributed by atoms with Crippen LogP contribution < -0.4 is 10.3 Å². The number of halogens is 2. The van der Waals surface area contributed by atoms with E-state index in [9.17, 15) is 13.6 Å². The molecule has 0 spiro atoms. The van der Waals surface area contributed by atoms with E-state index in [2.05, 4.69) is 9.88 Å². The number of aryl methyl sites for hydroxylation is 1. The lowest BCUT2D eigenvalue weighted by molar-refractivity contribution is -0.00223. The number of H-pyrrole nitrogens is 1. The van der Waals surface area contributed by atoms with Gasteiger partial charge in [0.1, 0.15) is 11.9 Å². The SMILES string of the molecule is Cc1cc2c(=O)[nH]ccc2cc1OC1CCN(CCC(C)(F)F)CC1. The first-order chi connectivity index (χ1) is 11.8. The number of piperidine rings is 1. The first-order valence-electron chi connectivity index (χ1n) is 8.71. The summed E-state index contributed by atoms with van der Waals surface area (Å²) in [4.78, 5) is 16.6. The number of likely N-dealkylation sites (tertiary alicyclic amines) is 1. The van der Waals surface area contributed by atoms with Gasteiger partial charge in [-0.25, -0.2) is 8.78 Å². The molecule has 1 N–H and O–H groups in total. The van der Waals surface area contributed by atoms with Crippen molar-refractivity contribution < 1.29 is 13.5 Å². The third-order valence-electron chi connectivity index (χ3n) is 4.76. The molecule has 0 aliphatic carbocycles. The highest BCUT2D eigenvalue weighted by molar-refractivity contribution is 5.83. The molecule has 1 aromatic carbocycles. The van der Waals surface area contributed by atoms with Crippen molar-refractivity contribution in [2.75, 3.05) is 19.6 Å². The van der Waals surface area contributed by atoms with Gasteiger partial charge in [0.25, 0.3) is 5.56 Å². The number of rotatable bonds is 5. The topological polar surface area (TPSA) is 45.3 Å². The third kappa shape index (κ3) is 4.57. The van der Waals surface area contributed by atoms with Gasteiger partial charge in [0.05, 0.1) is 0 Å². The Morgan fingerprint density at radius 2 is 2.04 bits per heavy atom. The van der Waals surface area contributed by atoms with E-state index in [1.54, 1.807) is 6.20 Å². The predicted octanol–water partition coefficient (Wildman–Crippen LogP) is 3.73. The van der Waals surface area contributed by atoms with Crippen molar-refractivity contribution in [2.24, 2.45) is 0 Å². The van der Waals surface area contributed by atoms with Gasteiger partial charge in [0.15, 0.2) is 0 Å². The van der Waals surface area contributed by atoms with E-state index in [4.69, 9.17) is 4.74 Å². The molecule has 1 saturated heterocycles.